The van der Waals surface area contributed by atoms with Crippen LogP contribution in [0.2, 0.25) is 0 Å². The van der Waals surface area contributed by atoms with Gasteiger partial charge >= 0.3 is 0 Å². The van der Waals surface area contributed by atoms with Crippen LogP contribution in [0.3, 0.4) is 0 Å². The third-order valence-corrected chi connectivity index (χ3v) is 3.14. The Morgan fingerprint density at radius 2 is 2.36 bits per heavy atom. The lowest BCUT2D eigenvalue weighted by molar-refractivity contribution is 0.121. The molecule has 2 rings (SSSR count). The Labute approximate surface area is 93.0 Å². The van der Waals surface area contributed by atoms with Crippen LogP contribution in [0.15, 0.2) is 28.7 Å². The average molecular weight is 256 g/mol. The summed E-state index contributed by atoms with van der Waals surface area (Å²) in [5.41, 5.74) is 1.28. The Bertz CT molecular complexity index is 316. The standard InChI is InChI=1S/C11H14BrNO/c1-14-11-5-6-13(8-11)10-4-2-3-9(12)7-10/h2-4,7,11H,5-6,8H2,1H3. The summed E-state index contributed by atoms with van der Waals surface area (Å²) >= 11 is 3.48. The maximum Gasteiger partial charge on any atom is 0.0762 e. The molecular formula is C11H14BrNO. The molecular weight excluding hydrogens is 242 g/mol. The summed E-state index contributed by atoms with van der Waals surface area (Å²) in [6, 6.07) is 8.41. The maximum absolute atomic E-state index is 5.34. The van der Waals surface area contributed by atoms with Crippen LogP contribution in [0.1, 0.15) is 6.42 Å². The lowest BCUT2D eigenvalue weighted by atomic mass is 10.3. The third-order valence-electron chi connectivity index (χ3n) is 2.65. The second-order valence-electron chi connectivity index (χ2n) is 3.57. The molecule has 1 atom stereocenters. The summed E-state index contributed by atoms with van der Waals surface area (Å²) in [6.45, 7) is 2.10. The second-order valence-corrected chi connectivity index (χ2v) is 4.49. The Balaban J connectivity index is 2.09. The minimum absolute atomic E-state index is 0.397. The molecule has 14 heavy (non-hydrogen) atoms. The fraction of sp³-hybridized carbons (Fsp3) is 0.455. The van der Waals surface area contributed by atoms with Crippen LogP contribution in [0.25, 0.3) is 0 Å². The van der Waals surface area contributed by atoms with Gasteiger partial charge in [0.05, 0.1) is 6.10 Å². The van der Waals surface area contributed by atoms with E-state index in [1.54, 1.807) is 7.11 Å². The summed E-state index contributed by atoms with van der Waals surface area (Å²) < 4.78 is 6.47. The van der Waals surface area contributed by atoms with Gasteiger partial charge in [0.25, 0.3) is 0 Å². The zero-order valence-electron chi connectivity index (χ0n) is 8.24. The van der Waals surface area contributed by atoms with E-state index >= 15 is 0 Å². The van der Waals surface area contributed by atoms with Crippen LogP contribution < -0.4 is 4.90 Å². The molecule has 1 unspecified atom stereocenters. The first-order valence-electron chi connectivity index (χ1n) is 4.83. The van der Waals surface area contributed by atoms with E-state index in [-0.39, 0.29) is 0 Å². The largest absolute Gasteiger partial charge is 0.380 e. The summed E-state index contributed by atoms with van der Waals surface area (Å²) in [4.78, 5) is 2.36. The number of nitrogens with zero attached hydrogens (tertiary/aromatic N) is 1. The van der Waals surface area contributed by atoms with Gasteiger partial charge in [-0.05, 0) is 24.6 Å². The Morgan fingerprint density at radius 3 is 3.00 bits per heavy atom. The maximum atomic E-state index is 5.34. The van der Waals surface area contributed by atoms with E-state index in [9.17, 15) is 0 Å². The van der Waals surface area contributed by atoms with E-state index < -0.39 is 0 Å². The van der Waals surface area contributed by atoms with Gasteiger partial charge in [-0.3, -0.25) is 0 Å². The van der Waals surface area contributed by atoms with Crippen molar-refractivity contribution in [1.82, 2.24) is 0 Å². The van der Waals surface area contributed by atoms with Crippen molar-refractivity contribution in [2.24, 2.45) is 0 Å². The molecule has 1 aliphatic heterocycles. The SMILES string of the molecule is COC1CCN(c2cccc(Br)c2)C1. The van der Waals surface area contributed by atoms with Crippen LogP contribution in [0, 0.1) is 0 Å². The molecule has 0 spiro atoms. The van der Waals surface area contributed by atoms with E-state index in [0.29, 0.717) is 6.10 Å². The van der Waals surface area contributed by atoms with Crippen LogP contribution in [-0.2, 0) is 4.74 Å². The van der Waals surface area contributed by atoms with Gasteiger partial charge < -0.3 is 9.64 Å². The van der Waals surface area contributed by atoms with Gasteiger partial charge in [0.2, 0.25) is 0 Å². The highest BCUT2D eigenvalue weighted by molar-refractivity contribution is 9.10. The average Bonchev–Trinajstić information content (AvgIpc) is 2.66. The van der Waals surface area contributed by atoms with Crippen molar-refractivity contribution < 1.29 is 4.74 Å². The van der Waals surface area contributed by atoms with Gasteiger partial charge in [0.15, 0.2) is 0 Å². The Kier molecular flexibility index (Phi) is 3.08. The van der Waals surface area contributed by atoms with Gasteiger partial charge in [-0.25, -0.2) is 0 Å². The number of halogens is 1. The van der Waals surface area contributed by atoms with Crippen LogP contribution in [-0.4, -0.2) is 26.3 Å². The first kappa shape index (κ1) is 9.99. The molecule has 76 valence electrons. The molecule has 0 bridgehead atoms. The zero-order chi connectivity index (χ0) is 9.97. The predicted octanol–water partition coefficient (Wildman–Crippen LogP) is 2.67. The smallest absolute Gasteiger partial charge is 0.0762 e. The molecule has 0 amide bonds. The van der Waals surface area contributed by atoms with E-state index in [0.717, 1.165) is 24.0 Å². The Morgan fingerprint density at radius 1 is 1.50 bits per heavy atom. The van der Waals surface area contributed by atoms with Crippen molar-refractivity contribution in [2.45, 2.75) is 12.5 Å². The fourth-order valence-electron chi connectivity index (χ4n) is 1.83. The van der Waals surface area contributed by atoms with Crippen molar-refractivity contribution in [3.05, 3.63) is 28.7 Å². The number of hydrogen-bond acceptors (Lipinski definition) is 2. The molecule has 1 fully saturated rings. The van der Waals surface area contributed by atoms with Crippen molar-refractivity contribution >= 4 is 21.6 Å². The zero-order valence-corrected chi connectivity index (χ0v) is 9.83. The summed E-state index contributed by atoms with van der Waals surface area (Å²) in [5.74, 6) is 0. The number of anilines is 1. The second kappa shape index (κ2) is 4.32. The third kappa shape index (κ3) is 2.10. The molecule has 0 saturated carbocycles. The lowest BCUT2D eigenvalue weighted by Crippen LogP contribution is -2.21. The fourth-order valence-corrected chi connectivity index (χ4v) is 2.22. The minimum Gasteiger partial charge on any atom is -0.380 e. The van der Waals surface area contributed by atoms with Gasteiger partial charge in [0.1, 0.15) is 0 Å². The van der Waals surface area contributed by atoms with Gasteiger partial charge in [-0.15, -0.1) is 0 Å². The van der Waals surface area contributed by atoms with Crippen molar-refractivity contribution in [3.8, 4) is 0 Å². The highest BCUT2D eigenvalue weighted by atomic mass is 79.9. The molecule has 0 aliphatic carbocycles. The highest BCUT2D eigenvalue weighted by Gasteiger charge is 2.21. The lowest BCUT2D eigenvalue weighted by Gasteiger charge is -2.18. The van der Waals surface area contributed by atoms with Gasteiger partial charge in [-0.1, -0.05) is 22.0 Å². The van der Waals surface area contributed by atoms with E-state index in [4.69, 9.17) is 4.74 Å². The molecule has 0 aromatic heterocycles. The Hall–Kier alpha value is -0.540. The van der Waals surface area contributed by atoms with Crippen LogP contribution >= 0.6 is 15.9 Å². The monoisotopic (exact) mass is 255 g/mol. The van der Waals surface area contributed by atoms with E-state index in [1.165, 1.54) is 5.69 Å². The molecule has 1 aromatic rings. The molecule has 1 aliphatic rings. The molecule has 1 heterocycles. The highest BCUT2D eigenvalue weighted by Crippen LogP contribution is 2.24. The molecule has 3 heteroatoms. The van der Waals surface area contributed by atoms with E-state index in [2.05, 4.69) is 39.0 Å². The first-order valence-corrected chi connectivity index (χ1v) is 5.62. The van der Waals surface area contributed by atoms with Crippen LogP contribution in [0.4, 0.5) is 5.69 Å². The van der Waals surface area contributed by atoms with Gasteiger partial charge in [-0.2, -0.15) is 0 Å². The van der Waals surface area contributed by atoms with Gasteiger partial charge in [0, 0.05) is 30.4 Å². The number of hydrogen-bond donors (Lipinski definition) is 0. The van der Waals surface area contributed by atoms with Crippen LogP contribution in [0.5, 0.6) is 0 Å². The predicted molar refractivity (Wildman–Crippen MR) is 61.8 cm³/mol. The molecule has 1 aromatic carbocycles. The summed E-state index contributed by atoms with van der Waals surface area (Å²) in [6.07, 6.45) is 1.53. The number of methoxy groups -OCH3 is 1. The van der Waals surface area contributed by atoms with E-state index in [1.807, 2.05) is 6.07 Å². The quantitative estimate of drug-likeness (QED) is 0.806. The van der Waals surface area contributed by atoms with Crippen molar-refractivity contribution in [1.29, 1.82) is 0 Å². The topological polar surface area (TPSA) is 12.5 Å². The summed E-state index contributed by atoms with van der Waals surface area (Å²) in [5, 5.41) is 0. The van der Waals surface area contributed by atoms with Crippen molar-refractivity contribution in [3.63, 3.8) is 0 Å². The van der Waals surface area contributed by atoms with Crippen molar-refractivity contribution in [2.75, 3.05) is 25.1 Å². The summed E-state index contributed by atoms with van der Waals surface area (Å²) in [7, 11) is 1.79. The molecule has 1 saturated heterocycles. The minimum atomic E-state index is 0.397. The molecule has 0 N–H and O–H groups in total. The first-order chi connectivity index (χ1) is 6.79. The number of benzene rings is 1. The molecule has 2 nitrogen and oxygen atoms in total. The number of rotatable bonds is 2. The number of ether oxygens (including phenoxy) is 1. The normalized spacial score (nSPS) is 21.6. The molecule has 0 radical (unpaired) electrons.